The van der Waals surface area contributed by atoms with Gasteiger partial charge in [-0.25, -0.2) is 4.39 Å². The van der Waals surface area contributed by atoms with Gasteiger partial charge in [0.05, 0.1) is 17.4 Å². The zero-order chi connectivity index (χ0) is 24.2. The number of aromatic nitrogens is 3. The van der Waals surface area contributed by atoms with Gasteiger partial charge in [0, 0.05) is 18.8 Å². The van der Waals surface area contributed by atoms with Crippen LogP contribution >= 0.6 is 11.8 Å². The number of rotatable bonds is 9. The van der Waals surface area contributed by atoms with Crippen molar-refractivity contribution < 1.29 is 14.0 Å². The number of thioether (sulfide) groups is 1. The third kappa shape index (κ3) is 5.30. The molecule has 178 valence electrons. The monoisotopic (exact) mass is 481 g/mol. The van der Waals surface area contributed by atoms with E-state index in [9.17, 15) is 14.0 Å². The normalized spacial score (nSPS) is 14.0. The molecule has 0 bridgehead atoms. The first-order valence-corrected chi connectivity index (χ1v) is 12.3. The number of halogens is 1. The Morgan fingerprint density at radius 2 is 1.88 bits per heavy atom. The average Bonchev–Trinajstić information content (AvgIpc) is 3.59. The Morgan fingerprint density at radius 1 is 1.18 bits per heavy atom. The highest BCUT2D eigenvalue weighted by Crippen LogP contribution is 2.42. The summed E-state index contributed by atoms with van der Waals surface area (Å²) in [4.78, 5) is 27.0. The molecule has 1 atom stereocenters. The Kier molecular flexibility index (Phi) is 7.31. The standard InChI is InChI=1S/C25H28FN5O2S/c1-4-17-9-5-8-12-21(17)27-22(32)15-30(3)24(33)16(2)34-25-29-28-23(31(25)18-13-14-18)19-10-6-7-11-20(19)26/h5-12,16,18H,4,13-15H2,1-3H3,(H,27,32). The van der Waals surface area contributed by atoms with E-state index in [0.29, 0.717) is 16.5 Å². The number of para-hydroxylation sites is 1. The highest BCUT2D eigenvalue weighted by Gasteiger charge is 2.32. The molecule has 1 N–H and O–H groups in total. The second kappa shape index (κ2) is 10.4. The van der Waals surface area contributed by atoms with Crippen LogP contribution in [0.1, 0.15) is 38.3 Å². The highest BCUT2D eigenvalue weighted by molar-refractivity contribution is 8.00. The fraction of sp³-hybridized carbons (Fsp3) is 0.360. The van der Waals surface area contributed by atoms with Gasteiger partial charge in [-0.15, -0.1) is 10.2 Å². The average molecular weight is 482 g/mol. The maximum atomic E-state index is 14.4. The first-order chi connectivity index (χ1) is 16.4. The third-order valence-electron chi connectivity index (χ3n) is 5.75. The number of aryl methyl sites for hydroxylation is 1. The molecule has 1 aliphatic carbocycles. The van der Waals surface area contributed by atoms with Crippen molar-refractivity contribution in [2.45, 2.75) is 49.6 Å². The van der Waals surface area contributed by atoms with E-state index in [0.717, 1.165) is 30.5 Å². The van der Waals surface area contributed by atoms with Crippen molar-refractivity contribution in [2.75, 3.05) is 18.9 Å². The van der Waals surface area contributed by atoms with Crippen molar-refractivity contribution >= 4 is 29.3 Å². The number of anilines is 1. The quantitative estimate of drug-likeness (QED) is 0.453. The molecule has 9 heteroatoms. The summed E-state index contributed by atoms with van der Waals surface area (Å²) in [6, 6.07) is 14.3. The Bertz CT molecular complexity index is 1190. The van der Waals surface area contributed by atoms with Crippen molar-refractivity contribution in [3.05, 3.63) is 59.9 Å². The molecule has 1 aromatic heterocycles. The van der Waals surface area contributed by atoms with E-state index in [2.05, 4.69) is 15.5 Å². The molecule has 7 nitrogen and oxygen atoms in total. The zero-order valence-electron chi connectivity index (χ0n) is 19.5. The molecule has 3 aromatic rings. The first kappa shape index (κ1) is 23.9. The molecular formula is C25H28FN5O2S. The minimum Gasteiger partial charge on any atom is -0.335 e. The molecule has 1 heterocycles. The molecule has 1 saturated carbocycles. The summed E-state index contributed by atoms with van der Waals surface area (Å²) in [5.74, 6) is -0.323. The maximum Gasteiger partial charge on any atom is 0.243 e. The van der Waals surface area contributed by atoms with Crippen LogP contribution in [0.5, 0.6) is 0 Å². The number of likely N-dealkylation sites (N-methyl/N-ethyl adjacent to an activating group) is 1. The van der Waals surface area contributed by atoms with Gasteiger partial charge in [-0.1, -0.05) is 49.0 Å². The van der Waals surface area contributed by atoms with Gasteiger partial charge < -0.3 is 10.2 Å². The van der Waals surface area contributed by atoms with Crippen molar-refractivity contribution in [3.63, 3.8) is 0 Å². The molecule has 4 rings (SSSR count). The van der Waals surface area contributed by atoms with Crippen molar-refractivity contribution in [3.8, 4) is 11.4 Å². The van der Waals surface area contributed by atoms with Gasteiger partial charge in [0.1, 0.15) is 5.82 Å². The molecule has 0 radical (unpaired) electrons. The van der Waals surface area contributed by atoms with E-state index in [1.54, 1.807) is 32.2 Å². The fourth-order valence-electron chi connectivity index (χ4n) is 3.80. The lowest BCUT2D eigenvalue weighted by Crippen LogP contribution is -2.39. The number of carbonyl (C=O) groups is 2. The van der Waals surface area contributed by atoms with Crippen LogP contribution in [0, 0.1) is 5.82 Å². The fourth-order valence-corrected chi connectivity index (χ4v) is 4.83. The summed E-state index contributed by atoms with van der Waals surface area (Å²) in [5.41, 5.74) is 2.20. The van der Waals surface area contributed by atoms with Gasteiger partial charge in [-0.2, -0.15) is 0 Å². The van der Waals surface area contributed by atoms with E-state index in [-0.39, 0.29) is 30.2 Å². The minimum absolute atomic E-state index is 0.0580. The molecule has 1 aliphatic rings. The second-order valence-electron chi connectivity index (χ2n) is 8.40. The Labute approximate surface area is 202 Å². The van der Waals surface area contributed by atoms with Crippen molar-refractivity contribution in [2.24, 2.45) is 0 Å². The SMILES string of the molecule is CCc1ccccc1NC(=O)CN(C)C(=O)C(C)Sc1nnc(-c2ccccc2F)n1C1CC1. The van der Waals surface area contributed by atoms with E-state index in [4.69, 9.17) is 0 Å². The summed E-state index contributed by atoms with van der Waals surface area (Å²) in [7, 11) is 1.61. The summed E-state index contributed by atoms with van der Waals surface area (Å²) >= 11 is 1.28. The number of hydrogen-bond acceptors (Lipinski definition) is 5. The minimum atomic E-state index is -0.490. The van der Waals surface area contributed by atoms with Crippen molar-refractivity contribution in [1.29, 1.82) is 0 Å². The van der Waals surface area contributed by atoms with Crippen LogP contribution in [-0.2, 0) is 16.0 Å². The second-order valence-corrected chi connectivity index (χ2v) is 9.71. The molecular weight excluding hydrogens is 453 g/mol. The summed E-state index contributed by atoms with van der Waals surface area (Å²) in [6.45, 7) is 3.75. The van der Waals surface area contributed by atoms with Crippen LogP contribution in [0.25, 0.3) is 11.4 Å². The molecule has 0 saturated heterocycles. The largest absolute Gasteiger partial charge is 0.335 e. The summed E-state index contributed by atoms with van der Waals surface area (Å²) < 4.78 is 16.3. The van der Waals surface area contributed by atoms with Crippen LogP contribution in [0.2, 0.25) is 0 Å². The van der Waals surface area contributed by atoms with E-state index in [1.165, 1.54) is 22.7 Å². The predicted molar refractivity (Wildman–Crippen MR) is 131 cm³/mol. The van der Waals surface area contributed by atoms with Crippen LogP contribution in [-0.4, -0.2) is 50.3 Å². The Hall–Kier alpha value is -3.20. The van der Waals surface area contributed by atoms with Gasteiger partial charge in [-0.05, 0) is 49.9 Å². The summed E-state index contributed by atoms with van der Waals surface area (Å²) in [6.07, 6.45) is 2.73. The smallest absolute Gasteiger partial charge is 0.243 e. The van der Waals surface area contributed by atoms with Gasteiger partial charge in [0.2, 0.25) is 11.8 Å². The van der Waals surface area contributed by atoms with Crippen molar-refractivity contribution in [1.82, 2.24) is 19.7 Å². The molecule has 2 aromatic carbocycles. The lowest BCUT2D eigenvalue weighted by Gasteiger charge is -2.21. The first-order valence-electron chi connectivity index (χ1n) is 11.4. The molecule has 0 aliphatic heterocycles. The van der Waals surface area contributed by atoms with Gasteiger partial charge in [0.15, 0.2) is 11.0 Å². The lowest BCUT2D eigenvalue weighted by molar-refractivity contribution is -0.132. The number of nitrogens with zero attached hydrogens (tertiary/aromatic N) is 4. The van der Waals surface area contributed by atoms with Gasteiger partial charge in [0.25, 0.3) is 0 Å². The van der Waals surface area contributed by atoms with Crippen LogP contribution in [0.15, 0.2) is 53.7 Å². The van der Waals surface area contributed by atoms with Crippen LogP contribution in [0.4, 0.5) is 10.1 Å². The van der Waals surface area contributed by atoms with Gasteiger partial charge >= 0.3 is 0 Å². The van der Waals surface area contributed by atoms with E-state index in [1.807, 2.05) is 35.8 Å². The Morgan fingerprint density at radius 3 is 2.59 bits per heavy atom. The molecule has 2 amide bonds. The van der Waals surface area contributed by atoms with E-state index < -0.39 is 5.25 Å². The molecule has 1 unspecified atom stereocenters. The Balaban J connectivity index is 1.42. The maximum absolute atomic E-state index is 14.4. The van der Waals surface area contributed by atoms with Crippen LogP contribution < -0.4 is 5.32 Å². The summed E-state index contributed by atoms with van der Waals surface area (Å²) in [5, 5.41) is 11.5. The number of carbonyl (C=O) groups excluding carboxylic acids is 2. The van der Waals surface area contributed by atoms with Crippen LogP contribution in [0.3, 0.4) is 0 Å². The highest BCUT2D eigenvalue weighted by atomic mass is 32.2. The van der Waals surface area contributed by atoms with E-state index >= 15 is 0 Å². The number of hydrogen-bond donors (Lipinski definition) is 1. The van der Waals surface area contributed by atoms with Gasteiger partial charge in [-0.3, -0.25) is 14.2 Å². The number of nitrogens with one attached hydrogen (secondary N) is 1. The third-order valence-corrected chi connectivity index (χ3v) is 6.79. The topological polar surface area (TPSA) is 80.1 Å². The number of amides is 2. The lowest BCUT2D eigenvalue weighted by atomic mass is 10.1. The molecule has 1 fully saturated rings. The molecule has 34 heavy (non-hydrogen) atoms. The molecule has 0 spiro atoms. The predicted octanol–water partition coefficient (Wildman–Crippen LogP) is 4.56. The zero-order valence-corrected chi connectivity index (χ0v) is 20.3. The number of benzene rings is 2.